The highest BCUT2D eigenvalue weighted by atomic mass is 19.1. The lowest BCUT2D eigenvalue weighted by atomic mass is 9.87. The first-order chi connectivity index (χ1) is 12.6. The molecule has 0 spiro atoms. The standard InChI is InChI=1S/C20H15FN2O3/c1-11-16(10-22-23-13-8-6-12(21)7-9-13)26-20-15-5-3-2-4-14(15)18(24)19(25)17(11)20/h2-9,22-23H,10H2,1H3. The van der Waals surface area contributed by atoms with Crippen molar-refractivity contribution in [2.45, 2.75) is 13.5 Å². The predicted molar refractivity (Wildman–Crippen MR) is 94.4 cm³/mol. The van der Waals surface area contributed by atoms with E-state index in [4.69, 9.17) is 4.42 Å². The topological polar surface area (TPSA) is 71.3 Å². The van der Waals surface area contributed by atoms with Gasteiger partial charge < -0.3 is 9.84 Å². The Labute approximate surface area is 148 Å². The number of hydrogen-bond acceptors (Lipinski definition) is 5. The van der Waals surface area contributed by atoms with Crippen LogP contribution in [0.3, 0.4) is 0 Å². The molecular formula is C20H15FN2O3. The van der Waals surface area contributed by atoms with Gasteiger partial charge in [-0.25, -0.2) is 9.82 Å². The summed E-state index contributed by atoms with van der Waals surface area (Å²) in [5.41, 5.74) is 8.57. The maximum atomic E-state index is 12.9. The van der Waals surface area contributed by atoms with Crippen LogP contribution < -0.4 is 10.9 Å². The molecule has 5 nitrogen and oxygen atoms in total. The lowest BCUT2D eigenvalue weighted by Crippen LogP contribution is -2.22. The van der Waals surface area contributed by atoms with Crippen LogP contribution in [0.2, 0.25) is 0 Å². The number of rotatable bonds is 4. The average Bonchev–Trinajstić information content (AvgIpc) is 2.98. The van der Waals surface area contributed by atoms with E-state index in [2.05, 4.69) is 10.9 Å². The van der Waals surface area contributed by atoms with Crippen molar-refractivity contribution in [1.82, 2.24) is 5.43 Å². The summed E-state index contributed by atoms with van der Waals surface area (Å²) in [6, 6.07) is 12.8. The Balaban J connectivity index is 1.60. The quantitative estimate of drug-likeness (QED) is 0.552. The first-order valence-corrected chi connectivity index (χ1v) is 8.11. The van der Waals surface area contributed by atoms with E-state index in [1.54, 1.807) is 43.3 Å². The minimum atomic E-state index is -0.544. The highest BCUT2D eigenvalue weighted by molar-refractivity contribution is 6.53. The maximum absolute atomic E-state index is 12.9. The van der Waals surface area contributed by atoms with E-state index in [-0.39, 0.29) is 5.82 Å². The Morgan fingerprint density at radius 1 is 0.962 bits per heavy atom. The first-order valence-electron chi connectivity index (χ1n) is 8.11. The maximum Gasteiger partial charge on any atom is 0.237 e. The highest BCUT2D eigenvalue weighted by Gasteiger charge is 2.35. The van der Waals surface area contributed by atoms with Crippen molar-refractivity contribution in [3.8, 4) is 11.3 Å². The Bertz CT molecular complexity index is 1020. The molecule has 0 atom stereocenters. The summed E-state index contributed by atoms with van der Waals surface area (Å²) in [7, 11) is 0. The lowest BCUT2D eigenvalue weighted by Gasteiger charge is -2.12. The number of carbonyl (C=O) groups is 2. The van der Waals surface area contributed by atoms with E-state index in [1.807, 2.05) is 0 Å². The minimum Gasteiger partial charge on any atom is -0.459 e. The summed E-state index contributed by atoms with van der Waals surface area (Å²) < 4.78 is 18.8. The number of hydrogen-bond donors (Lipinski definition) is 2. The number of furan rings is 1. The zero-order chi connectivity index (χ0) is 18.3. The fourth-order valence-electron chi connectivity index (χ4n) is 3.07. The largest absolute Gasteiger partial charge is 0.459 e. The molecule has 1 aliphatic rings. The van der Waals surface area contributed by atoms with Crippen LogP contribution in [0.5, 0.6) is 0 Å². The van der Waals surface area contributed by atoms with Gasteiger partial charge in [-0.15, -0.1) is 0 Å². The number of halogens is 1. The lowest BCUT2D eigenvalue weighted by molar-refractivity contribution is 0.0814. The zero-order valence-electron chi connectivity index (χ0n) is 13.9. The third-order valence-electron chi connectivity index (χ3n) is 4.42. The minimum absolute atomic E-state index is 0.292. The van der Waals surface area contributed by atoms with Gasteiger partial charge in [-0.05, 0) is 31.2 Å². The molecule has 0 fully saturated rings. The summed E-state index contributed by atoms with van der Waals surface area (Å²) in [4.78, 5) is 24.8. The van der Waals surface area contributed by atoms with E-state index in [9.17, 15) is 14.0 Å². The molecule has 0 aliphatic heterocycles. The van der Waals surface area contributed by atoms with E-state index in [0.29, 0.717) is 46.0 Å². The van der Waals surface area contributed by atoms with Crippen LogP contribution in [0.1, 0.15) is 32.0 Å². The number of nitrogens with one attached hydrogen (secondary N) is 2. The van der Waals surface area contributed by atoms with Crippen molar-refractivity contribution < 1.29 is 18.4 Å². The third kappa shape index (κ3) is 2.60. The van der Waals surface area contributed by atoms with Gasteiger partial charge in [0.05, 0.1) is 12.1 Å². The van der Waals surface area contributed by atoms with Crippen molar-refractivity contribution in [1.29, 1.82) is 0 Å². The summed E-state index contributed by atoms with van der Waals surface area (Å²) >= 11 is 0. The predicted octanol–water partition coefficient (Wildman–Crippen LogP) is 3.89. The molecule has 0 saturated heterocycles. The fourth-order valence-corrected chi connectivity index (χ4v) is 3.07. The molecular weight excluding hydrogens is 335 g/mol. The van der Waals surface area contributed by atoms with Crippen LogP contribution in [0, 0.1) is 12.7 Å². The molecule has 6 heteroatoms. The van der Waals surface area contributed by atoms with Gasteiger partial charge in [0.2, 0.25) is 11.6 Å². The molecule has 1 aromatic heterocycles. The van der Waals surface area contributed by atoms with Gasteiger partial charge >= 0.3 is 0 Å². The van der Waals surface area contributed by atoms with Crippen LogP contribution in [0.4, 0.5) is 10.1 Å². The monoisotopic (exact) mass is 350 g/mol. The van der Waals surface area contributed by atoms with Crippen LogP contribution in [0.25, 0.3) is 11.3 Å². The molecule has 3 aromatic rings. The Morgan fingerprint density at radius 2 is 1.65 bits per heavy atom. The van der Waals surface area contributed by atoms with Crippen molar-refractivity contribution in [2.75, 3.05) is 5.43 Å². The molecule has 2 aromatic carbocycles. The molecule has 0 saturated carbocycles. The summed E-state index contributed by atoms with van der Waals surface area (Å²) in [5, 5.41) is 0. The van der Waals surface area contributed by atoms with E-state index >= 15 is 0 Å². The van der Waals surface area contributed by atoms with Crippen LogP contribution in [0.15, 0.2) is 52.9 Å². The van der Waals surface area contributed by atoms with Gasteiger partial charge in [-0.1, -0.05) is 24.3 Å². The van der Waals surface area contributed by atoms with Gasteiger partial charge in [0.25, 0.3) is 0 Å². The third-order valence-corrected chi connectivity index (χ3v) is 4.42. The van der Waals surface area contributed by atoms with Gasteiger partial charge in [0.15, 0.2) is 0 Å². The SMILES string of the molecule is Cc1c(CNNc2ccc(F)cc2)oc2c1C(=O)C(=O)c1ccccc1-2. The number of anilines is 1. The van der Waals surface area contributed by atoms with Crippen LogP contribution >= 0.6 is 0 Å². The molecule has 0 radical (unpaired) electrons. The fraction of sp³-hybridized carbons (Fsp3) is 0.100. The highest BCUT2D eigenvalue weighted by Crippen LogP contribution is 2.38. The first kappa shape index (κ1) is 16.2. The molecule has 130 valence electrons. The van der Waals surface area contributed by atoms with Gasteiger partial charge in [-0.3, -0.25) is 9.59 Å². The Kier molecular flexibility index (Phi) is 3.89. The summed E-state index contributed by atoms with van der Waals surface area (Å²) in [6.07, 6.45) is 0. The summed E-state index contributed by atoms with van der Waals surface area (Å²) in [6.45, 7) is 2.05. The van der Waals surface area contributed by atoms with Crippen molar-refractivity contribution in [3.63, 3.8) is 0 Å². The van der Waals surface area contributed by atoms with Gasteiger partial charge in [0.1, 0.15) is 17.3 Å². The van der Waals surface area contributed by atoms with Gasteiger partial charge in [-0.2, -0.15) is 0 Å². The molecule has 4 rings (SSSR count). The zero-order valence-corrected chi connectivity index (χ0v) is 13.9. The van der Waals surface area contributed by atoms with E-state index in [0.717, 1.165) is 0 Å². The Morgan fingerprint density at radius 3 is 2.38 bits per heavy atom. The molecule has 1 aliphatic carbocycles. The molecule has 0 unspecified atom stereocenters. The molecule has 1 heterocycles. The molecule has 0 amide bonds. The van der Waals surface area contributed by atoms with Crippen LogP contribution in [-0.2, 0) is 6.54 Å². The Hall–Kier alpha value is -3.25. The summed E-state index contributed by atoms with van der Waals surface area (Å²) in [5.74, 6) is -0.380. The second-order valence-electron chi connectivity index (χ2n) is 6.04. The van der Waals surface area contributed by atoms with E-state index < -0.39 is 11.6 Å². The average molecular weight is 350 g/mol. The normalized spacial score (nSPS) is 12.7. The smallest absolute Gasteiger partial charge is 0.237 e. The number of benzene rings is 2. The number of Topliss-reactive ketones (excluding diaryl/α,β-unsaturated/α-hetero) is 2. The van der Waals surface area contributed by atoms with Crippen molar-refractivity contribution in [2.24, 2.45) is 0 Å². The molecule has 2 N–H and O–H groups in total. The molecule has 26 heavy (non-hydrogen) atoms. The second-order valence-corrected chi connectivity index (χ2v) is 6.04. The second kappa shape index (κ2) is 6.24. The van der Waals surface area contributed by atoms with Crippen molar-refractivity contribution >= 4 is 17.3 Å². The number of carbonyl (C=O) groups excluding carboxylic acids is 2. The van der Waals surface area contributed by atoms with E-state index in [1.165, 1.54) is 12.1 Å². The van der Waals surface area contributed by atoms with Crippen LogP contribution in [-0.4, -0.2) is 11.6 Å². The number of ketones is 2. The number of hydrazine groups is 1. The molecule has 0 bridgehead atoms. The van der Waals surface area contributed by atoms with Gasteiger partial charge in [0, 0.05) is 22.4 Å². The number of fused-ring (bicyclic) bond motifs is 3. The van der Waals surface area contributed by atoms with Crippen molar-refractivity contribution in [3.05, 3.63) is 76.8 Å².